The molecule has 0 unspecified atom stereocenters. The fraction of sp³-hybridized carbons (Fsp3) is 0.636. The number of nitrogens with one attached hydrogen (secondary N) is 2. The number of anilines is 2. The lowest BCUT2D eigenvalue weighted by Crippen LogP contribution is -2.35. The topological polar surface area (TPSA) is 70.7 Å². The van der Waals surface area contributed by atoms with E-state index >= 15 is 0 Å². The molecule has 28 heavy (non-hydrogen) atoms. The predicted molar refractivity (Wildman–Crippen MR) is 112 cm³/mol. The van der Waals surface area contributed by atoms with Gasteiger partial charge in [0.25, 0.3) is 5.91 Å². The van der Waals surface area contributed by atoms with Gasteiger partial charge >= 0.3 is 0 Å². The van der Waals surface area contributed by atoms with Crippen molar-refractivity contribution in [1.82, 2.24) is 5.32 Å². The number of piperidine rings is 1. The van der Waals surface area contributed by atoms with Crippen molar-refractivity contribution in [3.63, 3.8) is 0 Å². The zero-order chi connectivity index (χ0) is 19.8. The van der Waals surface area contributed by atoms with E-state index in [9.17, 15) is 9.59 Å². The highest BCUT2D eigenvalue weighted by Crippen LogP contribution is 2.27. The minimum atomic E-state index is -0.0965. The van der Waals surface area contributed by atoms with Gasteiger partial charge < -0.3 is 20.3 Å². The summed E-state index contributed by atoms with van der Waals surface area (Å²) in [6, 6.07) is 5.70. The number of hydrogen-bond donors (Lipinski definition) is 2. The number of carbonyl (C=O) groups excluding carboxylic acids is 2. The van der Waals surface area contributed by atoms with Gasteiger partial charge in [0, 0.05) is 44.0 Å². The van der Waals surface area contributed by atoms with Gasteiger partial charge in [-0.15, -0.1) is 0 Å². The minimum absolute atomic E-state index is 0.00159. The molecule has 2 saturated heterocycles. The second kappa shape index (κ2) is 10.5. The molecule has 0 aromatic heterocycles. The number of ether oxygens (including phenoxy) is 1. The number of amides is 2. The molecule has 0 saturated carbocycles. The maximum atomic E-state index is 13.0. The second-order valence-electron chi connectivity index (χ2n) is 7.78. The summed E-state index contributed by atoms with van der Waals surface area (Å²) >= 11 is 0. The van der Waals surface area contributed by atoms with Crippen molar-refractivity contribution < 1.29 is 14.3 Å². The molecule has 0 bridgehead atoms. The molecule has 1 aromatic rings. The highest BCUT2D eigenvalue weighted by molar-refractivity contribution is 6.02. The Morgan fingerprint density at radius 3 is 2.71 bits per heavy atom. The number of rotatable bonds is 8. The van der Waals surface area contributed by atoms with E-state index in [0.29, 0.717) is 24.2 Å². The Bertz CT molecular complexity index is 665. The molecular weight excluding hydrogens is 354 g/mol. The van der Waals surface area contributed by atoms with Crippen LogP contribution in [0.4, 0.5) is 11.4 Å². The lowest BCUT2D eigenvalue weighted by atomic mass is 10.1. The zero-order valence-corrected chi connectivity index (χ0v) is 17.0. The molecule has 0 radical (unpaired) electrons. The number of hydrogen-bond acceptors (Lipinski definition) is 4. The van der Waals surface area contributed by atoms with Gasteiger partial charge in [-0.3, -0.25) is 9.59 Å². The average molecular weight is 388 g/mol. The summed E-state index contributed by atoms with van der Waals surface area (Å²) in [5, 5.41) is 5.97. The first-order valence-electron chi connectivity index (χ1n) is 10.8. The van der Waals surface area contributed by atoms with Crippen LogP contribution in [0, 0.1) is 0 Å². The number of carbonyl (C=O) groups is 2. The van der Waals surface area contributed by atoms with Crippen LogP contribution in [0.3, 0.4) is 0 Å². The molecule has 2 heterocycles. The SMILES string of the molecule is CCCCC(=O)Nc1ccc(N2CCCCC2)c(C(=O)NC[C@@H]2CCCO2)c1. The summed E-state index contributed by atoms with van der Waals surface area (Å²) in [5.41, 5.74) is 2.27. The van der Waals surface area contributed by atoms with Crippen LogP contribution in [-0.4, -0.2) is 44.2 Å². The van der Waals surface area contributed by atoms with Gasteiger partial charge in [0.15, 0.2) is 0 Å². The summed E-state index contributed by atoms with van der Waals surface area (Å²) in [5.74, 6) is -0.0981. The van der Waals surface area contributed by atoms with E-state index in [1.54, 1.807) is 0 Å². The number of benzene rings is 1. The van der Waals surface area contributed by atoms with Gasteiger partial charge in [0.2, 0.25) is 5.91 Å². The molecule has 1 atom stereocenters. The Morgan fingerprint density at radius 2 is 2.00 bits per heavy atom. The Morgan fingerprint density at radius 1 is 1.18 bits per heavy atom. The van der Waals surface area contributed by atoms with E-state index in [1.807, 2.05) is 18.2 Å². The molecule has 0 aliphatic carbocycles. The van der Waals surface area contributed by atoms with E-state index in [0.717, 1.165) is 63.9 Å². The van der Waals surface area contributed by atoms with Crippen LogP contribution in [0.2, 0.25) is 0 Å². The highest BCUT2D eigenvalue weighted by Gasteiger charge is 2.21. The van der Waals surface area contributed by atoms with Crippen LogP contribution in [0.25, 0.3) is 0 Å². The predicted octanol–water partition coefficient (Wildman–Crippen LogP) is 3.71. The van der Waals surface area contributed by atoms with Gasteiger partial charge in [0.05, 0.1) is 11.7 Å². The monoisotopic (exact) mass is 387 g/mol. The smallest absolute Gasteiger partial charge is 0.253 e. The zero-order valence-electron chi connectivity index (χ0n) is 17.0. The molecule has 154 valence electrons. The third-order valence-corrected chi connectivity index (χ3v) is 5.49. The first kappa shape index (κ1) is 20.6. The van der Waals surface area contributed by atoms with Crippen molar-refractivity contribution >= 4 is 23.2 Å². The summed E-state index contributed by atoms with van der Waals surface area (Å²) in [6.07, 6.45) is 8.04. The van der Waals surface area contributed by atoms with Crippen molar-refractivity contribution in [2.24, 2.45) is 0 Å². The molecule has 3 rings (SSSR count). The lowest BCUT2D eigenvalue weighted by molar-refractivity contribution is -0.116. The molecule has 6 nitrogen and oxygen atoms in total. The Hall–Kier alpha value is -2.08. The molecule has 2 aliphatic heterocycles. The van der Waals surface area contributed by atoms with Gasteiger partial charge in [-0.05, 0) is 56.7 Å². The van der Waals surface area contributed by atoms with E-state index in [4.69, 9.17) is 4.74 Å². The lowest BCUT2D eigenvalue weighted by Gasteiger charge is -2.30. The average Bonchev–Trinajstić information content (AvgIpc) is 3.25. The van der Waals surface area contributed by atoms with E-state index in [-0.39, 0.29) is 17.9 Å². The van der Waals surface area contributed by atoms with Gasteiger partial charge in [-0.25, -0.2) is 0 Å². The fourth-order valence-corrected chi connectivity index (χ4v) is 3.87. The molecule has 1 aromatic carbocycles. The Balaban J connectivity index is 1.74. The van der Waals surface area contributed by atoms with E-state index in [2.05, 4.69) is 22.5 Å². The molecule has 2 fully saturated rings. The van der Waals surface area contributed by atoms with Crippen LogP contribution in [0.15, 0.2) is 18.2 Å². The van der Waals surface area contributed by atoms with Crippen molar-refractivity contribution in [1.29, 1.82) is 0 Å². The normalized spacial score (nSPS) is 19.5. The summed E-state index contributed by atoms with van der Waals surface area (Å²) in [7, 11) is 0. The first-order valence-corrected chi connectivity index (χ1v) is 10.8. The van der Waals surface area contributed by atoms with Crippen molar-refractivity contribution in [3.05, 3.63) is 23.8 Å². The maximum absolute atomic E-state index is 13.0. The molecule has 6 heteroatoms. The van der Waals surface area contributed by atoms with Crippen molar-refractivity contribution in [2.75, 3.05) is 36.5 Å². The van der Waals surface area contributed by atoms with Crippen LogP contribution in [-0.2, 0) is 9.53 Å². The quantitative estimate of drug-likeness (QED) is 0.713. The van der Waals surface area contributed by atoms with E-state index in [1.165, 1.54) is 6.42 Å². The number of unbranched alkanes of at least 4 members (excludes halogenated alkanes) is 1. The molecule has 2 aliphatic rings. The minimum Gasteiger partial charge on any atom is -0.376 e. The van der Waals surface area contributed by atoms with Crippen molar-refractivity contribution in [2.45, 2.75) is 64.4 Å². The third-order valence-electron chi connectivity index (χ3n) is 5.49. The second-order valence-corrected chi connectivity index (χ2v) is 7.78. The molecule has 2 amide bonds. The van der Waals surface area contributed by atoms with Gasteiger partial charge in [0.1, 0.15) is 0 Å². The largest absolute Gasteiger partial charge is 0.376 e. The van der Waals surface area contributed by atoms with Crippen LogP contribution in [0.5, 0.6) is 0 Å². The Labute approximate surface area is 168 Å². The standard InChI is InChI=1S/C22H33N3O3/c1-2-3-9-21(26)24-17-10-11-20(25-12-5-4-6-13-25)19(15-17)22(27)23-16-18-8-7-14-28-18/h10-11,15,18H,2-9,12-14,16H2,1H3,(H,23,27)(H,24,26)/t18-/m0/s1. The van der Waals surface area contributed by atoms with E-state index < -0.39 is 0 Å². The molecule has 0 spiro atoms. The van der Waals surface area contributed by atoms with Gasteiger partial charge in [-0.1, -0.05) is 13.3 Å². The van der Waals surface area contributed by atoms with Crippen LogP contribution < -0.4 is 15.5 Å². The fourth-order valence-electron chi connectivity index (χ4n) is 3.87. The summed E-state index contributed by atoms with van der Waals surface area (Å²) in [6.45, 7) is 5.31. The molecular formula is C22H33N3O3. The molecule has 2 N–H and O–H groups in total. The summed E-state index contributed by atoms with van der Waals surface area (Å²) < 4.78 is 5.62. The number of nitrogens with zero attached hydrogens (tertiary/aromatic N) is 1. The summed E-state index contributed by atoms with van der Waals surface area (Å²) in [4.78, 5) is 27.4. The van der Waals surface area contributed by atoms with Crippen LogP contribution >= 0.6 is 0 Å². The third kappa shape index (κ3) is 5.71. The van der Waals surface area contributed by atoms with Crippen molar-refractivity contribution in [3.8, 4) is 0 Å². The highest BCUT2D eigenvalue weighted by atomic mass is 16.5. The maximum Gasteiger partial charge on any atom is 0.253 e. The Kier molecular flexibility index (Phi) is 7.71. The first-order chi connectivity index (χ1) is 13.7. The van der Waals surface area contributed by atoms with Gasteiger partial charge in [-0.2, -0.15) is 0 Å². The van der Waals surface area contributed by atoms with Crippen LogP contribution in [0.1, 0.15) is 68.6 Å².